The molecule has 0 spiro atoms. The molecule has 0 bridgehead atoms. The molecule has 152 valence electrons. The maximum atomic E-state index is 12.9. The van der Waals surface area contributed by atoms with Gasteiger partial charge in [0.1, 0.15) is 0 Å². The SMILES string of the molecule is CCN(CC)c1ccc(N2CC(C(=O)N3CCN(C(C)=O)CC3)CC2=O)cc1. The molecular formula is C21H30N4O3. The maximum absolute atomic E-state index is 12.9. The van der Waals surface area contributed by atoms with E-state index in [0.717, 1.165) is 24.5 Å². The van der Waals surface area contributed by atoms with E-state index in [1.807, 2.05) is 24.3 Å². The molecule has 1 unspecified atom stereocenters. The van der Waals surface area contributed by atoms with E-state index in [9.17, 15) is 14.4 Å². The zero-order valence-corrected chi connectivity index (χ0v) is 17.1. The predicted octanol–water partition coefficient (Wildman–Crippen LogP) is 1.58. The molecule has 1 atom stereocenters. The van der Waals surface area contributed by atoms with Gasteiger partial charge in [0.25, 0.3) is 0 Å². The molecule has 2 heterocycles. The van der Waals surface area contributed by atoms with E-state index >= 15 is 0 Å². The summed E-state index contributed by atoms with van der Waals surface area (Å²) >= 11 is 0. The van der Waals surface area contributed by atoms with Gasteiger partial charge in [-0.1, -0.05) is 0 Å². The molecule has 0 saturated carbocycles. The van der Waals surface area contributed by atoms with Crippen LogP contribution in [0.5, 0.6) is 0 Å². The highest BCUT2D eigenvalue weighted by Crippen LogP contribution is 2.28. The Labute approximate surface area is 166 Å². The lowest BCUT2D eigenvalue weighted by Gasteiger charge is -2.35. The summed E-state index contributed by atoms with van der Waals surface area (Å²) in [4.78, 5) is 44.4. The van der Waals surface area contributed by atoms with Crippen LogP contribution in [-0.4, -0.2) is 73.3 Å². The Morgan fingerprint density at radius 2 is 1.57 bits per heavy atom. The van der Waals surface area contributed by atoms with E-state index in [4.69, 9.17) is 0 Å². The van der Waals surface area contributed by atoms with Crippen molar-refractivity contribution in [2.75, 3.05) is 55.6 Å². The molecule has 2 aliphatic rings. The van der Waals surface area contributed by atoms with E-state index in [-0.39, 0.29) is 30.1 Å². The monoisotopic (exact) mass is 386 g/mol. The lowest BCUT2D eigenvalue weighted by atomic mass is 10.1. The van der Waals surface area contributed by atoms with Crippen molar-refractivity contribution < 1.29 is 14.4 Å². The van der Waals surface area contributed by atoms with Crippen LogP contribution >= 0.6 is 0 Å². The highest BCUT2D eigenvalue weighted by molar-refractivity contribution is 6.00. The maximum Gasteiger partial charge on any atom is 0.228 e. The van der Waals surface area contributed by atoms with Gasteiger partial charge in [-0.2, -0.15) is 0 Å². The summed E-state index contributed by atoms with van der Waals surface area (Å²) < 4.78 is 0. The van der Waals surface area contributed by atoms with E-state index < -0.39 is 0 Å². The molecule has 2 saturated heterocycles. The molecule has 2 aliphatic heterocycles. The van der Waals surface area contributed by atoms with Gasteiger partial charge in [-0.05, 0) is 38.1 Å². The molecule has 3 rings (SSSR count). The minimum atomic E-state index is -0.307. The molecule has 7 nitrogen and oxygen atoms in total. The summed E-state index contributed by atoms with van der Waals surface area (Å²) in [6.45, 7) is 10.3. The number of piperazine rings is 1. The summed E-state index contributed by atoms with van der Waals surface area (Å²) in [5, 5.41) is 0. The summed E-state index contributed by atoms with van der Waals surface area (Å²) in [6, 6.07) is 7.99. The largest absolute Gasteiger partial charge is 0.372 e. The van der Waals surface area contributed by atoms with Gasteiger partial charge in [-0.25, -0.2) is 0 Å². The molecule has 7 heteroatoms. The van der Waals surface area contributed by atoms with Crippen molar-refractivity contribution in [3.05, 3.63) is 24.3 Å². The van der Waals surface area contributed by atoms with Crippen molar-refractivity contribution >= 4 is 29.1 Å². The fraction of sp³-hybridized carbons (Fsp3) is 0.571. The smallest absolute Gasteiger partial charge is 0.228 e. The van der Waals surface area contributed by atoms with Crippen LogP contribution in [0.3, 0.4) is 0 Å². The van der Waals surface area contributed by atoms with Crippen LogP contribution < -0.4 is 9.80 Å². The topological polar surface area (TPSA) is 64.2 Å². The van der Waals surface area contributed by atoms with Gasteiger partial charge < -0.3 is 19.6 Å². The first kappa shape index (κ1) is 20.2. The molecule has 0 radical (unpaired) electrons. The molecule has 1 aromatic carbocycles. The third-order valence-electron chi connectivity index (χ3n) is 5.80. The molecule has 0 aliphatic carbocycles. The minimum absolute atomic E-state index is 0.00342. The number of carbonyl (C=O) groups excluding carboxylic acids is 3. The van der Waals surface area contributed by atoms with E-state index in [1.54, 1.807) is 21.6 Å². The number of carbonyl (C=O) groups is 3. The van der Waals surface area contributed by atoms with Crippen molar-refractivity contribution in [3.8, 4) is 0 Å². The highest BCUT2D eigenvalue weighted by atomic mass is 16.2. The molecular weight excluding hydrogens is 356 g/mol. The predicted molar refractivity (Wildman–Crippen MR) is 109 cm³/mol. The Bertz CT molecular complexity index is 722. The number of hydrogen-bond donors (Lipinski definition) is 0. The quantitative estimate of drug-likeness (QED) is 0.771. The fourth-order valence-corrected chi connectivity index (χ4v) is 4.05. The van der Waals surface area contributed by atoms with Gasteiger partial charge in [0.2, 0.25) is 17.7 Å². The normalized spacial score (nSPS) is 19.9. The van der Waals surface area contributed by atoms with Crippen LogP contribution in [0.25, 0.3) is 0 Å². The van der Waals surface area contributed by atoms with Crippen LogP contribution in [-0.2, 0) is 14.4 Å². The van der Waals surface area contributed by atoms with Gasteiger partial charge in [0, 0.05) is 70.5 Å². The van der Waals surface area contributed by atoms with Gasteiger partial charge in [0.05, 0.1) is 5.92 Å². The molecule has 1 aromatic rings. The summed E-state index contributed by atoms with van der Waals surface area (Å²) in [5.41, 5.74) is 1.98. The zero-order valence-electron chi connectivity index (χ0n) is 17.1. The first-order valence-electron chi connectivity index (χ1n) is 10.1. The van der Waals surface area contributed by atoms with Crippen molar-refractivity contribution in [2.24, 2.45) is 5.92 Å². The second kappa shape index (κ2) is 8.63. The summed E-state index contributed by atoms with van der Waals surface area (Å²) in [5.74, 6) is -0.239. The van der Waals surface area contributed by atoms with Gasteiger partial charge in [0.15, 0.2) is 0 Å². The van der Waals surface area contributed by atoms with Crippen LogP contribution in [0, 0.1) is 5.92 Å². The first-order chi connectivity index (χ1) is 13.4. The van der Waals surface area contributed by atoms with Crippen LogP contribution in [0.4, 0.5) is 11.4 Å². The summed E-state index contributed by atoms with van der Waals surface area (Å²) in [7, 11) is 0. The third-order valence-corrected chi connectivity index (χ3v) is 5.80. The Morgan fingerprint density at radius 1 is 1.00 bits per heavy atom. The molecule has 0 aromatic heterocycles. The average molecular weight is 386 g/mol. The number of anilines is 2. The van der Waals surface area contributed by atoms with Crippen LogP contribution in [0.1, 0.15) is 27.2 Å². The lowest BCUT2D eigenvalue weighted by molar-refractivity contribution is -0.141. The number of hydrogen-bond acceptors (Lipinski definition) is 4. The third kappa shape index (κ3) is 4.13. The van der Waals surface area contributed by atoms with Crippen molar-refractivity contribution in [2.45, 2.75) is 27.2 Å². The van der Waals surface area contributed by atoms with Gasteiger partial charge in [-0.15, -0.1) is 0 Å². The van der Waals surface area contributed by atoms with E-state index in [2.05, 4.69) is 18.7 Å². The fourth-order valence-electron chi connectivity index (χ4n) is 4.05. The standard InChI is InChI=1S/C21H30N4O3/c1-4-22(5-2)18-6-8-19(9-7-18)25-15-17(14-20(25)27)21(28)24-12-10-23(11-13-24)16(3)26/h6-9,17H,4-5,10-15H2,1-3H3. The number of amides is 3. The average Bonchev–Trinajstić information content (AvgIpc) is 3.10. The Morgan fingerprint density at radius 3 is 2.11 bits per heavy atom. The number of rotatable bonds is 5. The molecule has 3 amide bonds. The number of nitrogens with zero attached hydrogens (tertiary/aromatic N) is 4. The van der Waals surface area contributed by atoms with Crippen LogP contribution in [0.2, 0.25) is 0 Å². The van der Waals surface area contributed by atoms with Gasteiger partial charge >= 0.3 is 0 Å². The minimum Gasteiger partial charge on any atom is -0.372 e. The Balaban J connectivity index is 1.62. The summed E-state index contributed by atoms with van der Waals surface area (Å²) in [6.07, 6.45) is 0.254. The highest BCUT2D eigenvalue weighted by Gasteiger charge is 2.38. The van der Waals surface area contributed by atoms with E-state index in [1.165, 1.54) is 0 Å². The molecule has 2 fully saturated rings. The Hall–Kier alpha value is -2.57. The van der Waals surface area contributed by atoms with Crippen molar-refractivity contribution in [3.63, 3.8) is 0 Å². The second-order valence-corrected chi connectivity index (χ2v) is 7.43. The first-order valence-corrected chi connectivity index (χ1v) is 10.1. The zero-order chi connectivity index (χ0) is 20.3. The molecule has 28 heavy (non-hydrogen) atoms. The van der Waals surface area contributed by atoms with Gasteiger partial charge in [-0.3, -0.25) is 14.4 Å². The second-order valence-electron chi connectivity index (χ2n) is 7.43. The van der Waals surface area contributed by atoms with Crippen molar-refractivity contribution in [1.82, 2.24) is 9.80 Å². The van der Waals surface area contributed by atoms with Crippen LogP contribution in [0.15, 0.2) is 24.3 Å². The van der Waals surface area contributed by atoms with Crippen molar-refractivity contribution in [1.29, 1.82) is 0 Å². The van der Waals surface area contributed by atoms with E-state index in [0.29, 0.717) is 32.7 Å². The lowest BCUT2D eigenvalue weighted by Crippen LogP contribution is -2.51. The Kier molecular flexibility index (Phi) is 6.21. The molecule has 0 N–H and O–H groups in total. The number of benzene rings is 1.